The van der Waals surface area contributed by atoms with E-state index in [0.717, 1.165) is 24.2 Å². The number of hydrogen-bond acceptors (Lipinski definition) is 4. The summed E-state index contributed by atoms with van der Waals surface area (Å²) < 4.78 is 5.67. The van der Waals surface area contributed by atoms with Gasteiger partial charge in [0.2, 0.25) is 0 Å². The monoisotopic (exact) mass is 275 g/mol. The third-order valence-electron chi connectivity index (χ3n) is 4.77. The first-order valence-corrected chi connectivity index (χ1v) is 7.55. The van der Waals surface area contributed by atoms with Crippen molar-refractivity contribution in [1.82, 2.24) is 9.88 Å². The van der Waals surface area contributed by atoms with Crippen LogP contribution in [0.3, 0.4) is 0 Å². The molecule has 3 atom stereocenters. The predicted molar refractivity (Wildman–Crippen MR) is 80.9 cm³/mol. The van der Waals surface area contributed by atoms with Crippen LogP contribution in [0.5, 0.6) is 0 Å². The Morgan fingerprint density at radius 1 is 1.25 bits per heavy atom. The number of aromatic nitrogens is 1. The maximum absolute atomic E-state index is 5.67. The van der Waals surface area contributed by atoms with Gasteiger partial charge < -0.3 is 9.64 Å². The Morgan fingerprint density at radius 3 is 2.45 bits per heavy atom. The summed E-state index contributed by atoms with van der Waals surface area (Å²) in [5, 5.41) is 0. The molecule has 4 heteroatoms. The molecule has 20 heavy (non-hydrogen) atoms. The zero-order valence-corrected chi connectivity index (χ0v) is 12.7. The number of methoxy groups -OCH3 is 1. The van der Waals surface area contributed by atoms with Gasteiger partial charge in [0, 0.05) is 47.0 Å². The van der Waals surface area contributed by atoms with Crippen LogP contribution in [0.1, 0.15) is 18.4 Å². The lowest BCUT2D eigenvalue weighted by atomic mass is 9.94. The largest absolute Gasteiger partial charge is 0.381 e. The summed E-state index contributed by atoms with van der Waals surface area (Å²) in [6.07, 6.45) is 5.18. The van der Waals surface area contributed by atoms with Crippen LogP contribution in [0.25, 0.3) is 0 Å². The van der Waals surface area contributed by atoms with Crippen molar-refractivity contribution in [3.8, 4) is 0 Å². The number of hydrogen-bond donors (Lipinski definition) is 0. The summed E-state index contributed by atoms with van der Waals surface area (Å²) in [7, 11) is 5.92. The summed E-state index contributed by atoms with van der Waals surface area (Å²) in [5.74, 6) is 2.48. The van der Waals surface area contributed by atoms with Crippen LogP contribution < -0.4 is 4.90 Å². The molecule has 1 aliphatic heterocycles. The molecule has 0 radical (unpaired) electrons. The van der Waals surface area contributed by atoms with E-state index in [4.69, 9.17) is 4.74 Å². The molecule has 1 saturated heterocycles. The smallest absolute Gasteiger partial charge is 0.127 e. The topological polar surface area (TPSA) is 28.6 Å². The van der Waals surface area contributed by atoms with Crippen molar-refractivity contribution in [2.45, 2.75) is 25.5 Å². The van der Waals surface area contributed by atoms with Crippen LogP contribution >= 0.6 is 0 Å². The van der Waals surface area contributed by atoms with Gasteiger partial charge >= 0.3 is 0 Å². The zero-order valence-electron chi connectivity index (χ0n) is 12.7. The Hall–Kier alpha value is -1.13. The van der Waals surface area contributed by atoms with E-state index in [9.17, 15) is 0 Å². The van der Waals surface area contributed by atoms with Gasteiger partial charge in [-0.05, 0) is 36.3 Å². The molecule has 3 rings (SSSR count). The van der Waals surface area contributed by atoms with Crippen molar-refractivity contribution in [3.63, 3.8) is 0 Å². The van der Waals surface area contributed by atoms with Gasteiger partial charge in [0.1, 0.15) is 5.82 Å². The normalized spacial score (nSPS) is 29.6. The average Bonchev–Trinajstić information content (AvgIpc) is 2.69. The molecule has 2 bridgehead atoms. The third kappa shape index (κ3) is 2.67. The lowest BCUT2D eigenvalue weighted by Crippen LogP contribution is -2.45. The van der Waals surface area contributed by atoms with E-state index >= 15 is 0 Å². The highest BCUT2D eigenvalue weighted by Crippen LogP contribution is 2.38. The van der Waals surface area contributed by atoms with Gasteiger partial charge in [0.25, 0.3) is 0 Å². The summed E-state index contributed by atoms with van der Waals surface area (Å²) in [5.41, 5.74) is 1.31. The first kappa shape index (κ1) is 13.8. The molecule has 2 fully saturated rings. The highest BCUT2D eigenvalue weighted by Gasteiger charge is 2.41. The number of likely N-dealkylation sites (tertiary alicyclic amines) is 1. The highest BCUT2D eigenvalue weighted by atomic mass is 16.5. The predicted octanol–water partition coefficient (Wildman–Crippen LogP) is 2.00. The Balaban J connectivity index is 1.62. The summed E-state index contributed by atoms with van der Waals surface area (Å²) >= 11 is 0. The number of fused-ring (bicyclic) bond motifs is 2. The standard InChI is InChI=1S/C16H25N3O/c1-18(2)15-7-4-12(8-17-15)9-19-10-13-5-6-14(11-19)16(13)20-3/h4,7-8,13-14,16H,5-6,9-11H2,1-3H3/t13-,14+,16?. The van der Waals surface area contributed by atoms with Crippen molar-refractivity contribution in [3.05, 3.63) is 23.9 Å². The number of anilines is 1. The molecule has 0 spiro atoms. The maximum Gasteiger partial charge on any atom is 0.127 e. The van der Waals surface area contributed by atoms with Crippen LogP contribution in [-0.2, 0) is 11.3 Å². The number of pyridine rings is 1. The van der Waals surface area contributed by atoms with E-state index in [-0.39, 0.29) is 0 Å². The highest BCUT2D eigenvalue weighted by molar-refractivity contribution is 5.37. The lowest BCUT2D eigenvalue weighted by molar-refractivity contribution is -0.0180. The molecule has 1 saturated carbocycles. The summed E-state index contributed by atoms with van der Waals surface area (Å²) in [6, 6.07) is 4.30. The molecule has 1 aromatic rings. The van der Waals surface area contributed by atoms with Crippen LogP contribution in [0.4, 0.5) is 5.82 Å². The molecule has 0 amide bonds. The fourth-order valence-electron chi connectivity index (χ4n) is 3.82. The first-order chi connectivity index (χ1) is 9.67. The van der Waals surface area contributed by atoms with Crippen LogP contribution in [-0.4, -0.2) is 50.3 Å². The van der Waals surface area contributed by atoms with Crippen molar-refractivity contribution >= 4 is 5.82 Å². The second-order valence-electron chi connectivity index (χ2n) is 6.41. The number of ether oxygens (including phenoxy) is 1. The fraction of sp³-hybridized carbons (Fsp3) is 0.688. The Labute approximate surface area is 121 Å². The van der Waals surface area contributed by atoms with Crippen molar-refractivity contribution in [2.75, 3.05) is 39.2 Å². The molecule has 1 unspecified atom stereocenters. The van der Waals surface area contributed by atoms with Crippen LogP contribution in [0.2, 0.25) is 0 Å². The number of rotatable bonds is 4. The quantitative estimate of drug-likeness (QED) is 0.840. The van der Waals surface area contributed by atoms with Crippen molar-refractivity contribution < 1.29 is 4.74 Å². The minimum atomic E-state index is 0.500. The molecule has 1 aromatic heterocycles. The lowest BCUT2D eigenvalue weighted by Gasteiger charge is -2.37. The van der Waals surface area contributed by atoms with Gasteiger partial charge in [-0.25, -0.2) is 4.98 Å². The van der Waals surface area contributed by atoms with Gasteiger partial charge in [-0.3, -0.25) is 4.90 Å². The zero-order chi connectivity index (χ0) is 14.1. The maximum atomic E-state index is 5.67. The molecular weight excluding hydrogens is 250 g/mol. The van der Waals surface area contributed by atoms with E-state index < -0.39 is 0 Å². The second-order valence-corrected chi connectivity index (χ2v) is 6.41. The molecule has 2 heterocycles. The number of piperidine rings is 1. The van der Waals surface area contributed by atoms with Gasteiger partial charge in [-0.2, -0.15) is 0 Å². The van der Waals surface area contributed by atoms with Gasteiger partial charge in [0.15, 0.2) is 0 Å². The molecule has 0 N–H and O–H groups in total. The molecule has 1 aliphatic carbocycles. The Bertz CT molecular complexity index is 432. The average molecular weight is 275 g/mol. The molecule has 2 aliphatic rings. The molecule has 110 valence electrons. The molecule has 0 aromatic carbocycles. The van der Waals surface area contributed by atoms with E-state index in [1.54, 1.807) is 0 Å². The van der Waals surface area contributed by atoms with E-state index in [2.05, 4.69) is 22.0 Å². The van der Waals surface area contributed by atoms with Crippen molar-refractivity contribution in [2.24, 2.45) is 11.8 Å². The minimum Gasteiger partial charge on any atom is -0.381 e. The SMILES string of the molecule is COC1[C@@H]2CC[C@H]1CN(Cc1ccc(N(C)C)nc1)C2. The Morgan fingerprint density at radius 2 is 1.95 bits per heavy atom. The molecular formula is C16H25N3O. The fourth-order valence-corrected chi connectivity index (χ4v) is 3.82. The van der Waals surface area contributed by atoms with Crippen LogP contribution in [0.15, 0.2) is 18.3 Å². The van der Waals surface area contributed by atoms with E-state index in [0.29, 0.717) is 6.10 Å². The van der Waals surface area contributed by atoms with Crippen molar-refractivity contribution in [1.29, 1.82) is 0 Å². The third-order valence-corrected chi connectivity index (χ3v) is 4.77. The van der Waals surface area contributed by atoms with Gasteiger partial charge in [0.05, 0.1) is 6.10 Å². The van der Waals surface area contributed by atoms with Crippen LogP contribution in [0, 0.1) is 11.8 Å². The minimum absolute atomic E-state index is 0.500. The molecule has 4 nitrogen and oxygen atoms in total. The van der Waals surface area contributed by atoms with Gasteiger partial charge in [-0.15, -0.1) is 0 Å². The summed E-state index contributed by atoms with van der Waals surface area (Å²) in [4.78, 5) is 9.11. The second kappa shape index (κ2) is 5.70. The Kier molecular flexibility index (Phi) is 3.94. The summed E-state index contributed by atoms with van der Waals surface area (Å²) in [6.45, 7) is 3.36. The van der Waals surface area contributed by atoms with Gasteiger partial charge in [-0.1, -0.05) is 6.07 Å². The first-order valence-electron chi connectivity index (χ1n) is 7.55. The number of nitrogens with zero attached hydrogens (tertiary/aromatic N) is 3. The van der Waals surface area contributed by atoms with E-state index in [1.165, 1.54) is 31.5 Å². The van der Waals surface area contributed by atoms with E-state index in [1.807, 2.05) is 32.3 Å².